The van der Waals surface area contributed by atoms with Gasteiger partial charge in [-0.25, -0.2) is 4.39 Å². The summed E-state index contributed by atoms with van der Waals surface area (Å²) < 4.78 is 14.8. The first-order chi connectivity index (χ1) is 11.5. The highest BCUT2D eigenvalue weighted by Gasteiger charge is 2.41. The fourth-order valence-corrected chi connectivity index (χ4v) is 4.92. The lowest BCUT2D eigenvalue weighted by Crippen LogP contribution is -2.46. The number of carbonyl (C=O) groups is 1. The summed E-state index contributed by atoms with van der Waals surface area (Å²) in [5.41, 5.74) is 0.825. The van der Waals surface area contributed by atoms with Crippen LogP contribution in [-0.4, -0.2) is 24.2 Å². The smallest absolute Gasteiger partial charge is 0.261 e. The number of benzene rings is 1. The molecular weight excluding hydrogens is 325 g/mol. The molecule has 1 heterocycles. The fraction of sp³-hybridized carbons (Fsp3) is 0.526. The van der Waals surface area contributed by atoms with E-state index in [1.54, 1.807) is 6.07 Å². The Balaban J connectivity index is 1.76. The predicted molar refractivity (Wildman–Crippen MR) is 96.0 cm³/mol. The number of aliphatic hydroxyl groups is 1. The minimum absolute atomic E-state index is 0.105. The number of carbonyl (C=O) groups excluding carboxylic acids is 1. The zero-order valence-corrected chi connectivity index (χ0v) is 15.0. The molecule has 1 aliphatic rings. The summed E-state index contributed by atoms with van der Waals surface area (Å²) in [6.45, 7) is 4.78. The van der Waals surface area contributed by atoms with Crippen molar-refractivity contribution >= 4 is 27.3 Å². The molecule has 0 unspecified atom stereocenters. The van der Waals surface area contributed by atoms with Crippen LogP contribution in [0.4, 0.5) is 4.39 Å². The van der Waals surface area contributed by atoms with Crippen LogP contribution in [0.15, 0.2) is 18.2 Å². The minimum atomic E-state index is -0.271. The van der Waals surface area contributed by atoms with Crippen LogP contribution in [0.1, 0.15) is 47.8 Å². The SMILES string of the molecule is Cc1c(C(=O)NCC2([C@@H](C)CCO)CCC2)sc2cccc(F)c12. The molecule has 5 heteroatoms. The van der Waals surface area contributed by atoms with E-state index < -0.39 is 0 Å². The molecule has 1 aliphatic carbocycles. The third-order valence-corrected chi connectivity index (χ3v) is 6.92. The van der Waals surface area contributed by atoms with E-state index in [0.29, 0.717) is 22.7 Å². The molecule has 1 saturated carbocycles. The van der Waals surface area contributed by atoms with Crippen molar-refractivity contribution < 1.29 is 14.3 Å². The van der Waals surface area contributed by atoms with Crippen LogP contribution in [0.5, 0.6) is 0 Å². The first-order valence-corrected chi connectivity index (χ1v) is 9.37. The van der Waals surface area contributed by atoms with Gasteiger partial charge in [-0.1, -0.05) is 19.4 Å². The van der Waals surface area contributed by atoms with Crippen LogP contribution in [0.2, 0.25) is 0 Å². The first-order valence-electron chi connectivity index (χ1n) is 8.55. The number of nitrogens with one attached hydrogen (secondary N) is 1. The quantitative estimate of drug-likeness (QED) is 0.818. The van der Waals surface area contributed by atoms with Crippen LogP contribution in [0.3, 0.4) is 0 Å². The van der Waals surface area contributed by atoms with Gasteiger partial charge in [0.25, 0.3) is 5.91 Å². The minimum Gasteiger partial charge on any atom is -0.396 e. The van der Waals surface area contributed by atoms with Crippen LogP contribution in [-0.2, 0) is 0 Å². The van der Waals surface area contributed by atoms with Crippen molar-refractivity contribution in [3.8, 4) is 0 Å². The van der Waals surface area contributed by atoms with Crippen molar-refractivity contribution in [1.29, 1.82) is 0 Å². The Hall–Kier alpha value is -1.46. The summed E-state index contributed by atoms with van der Waals surface area (Å²) in [7, 11) is 0. The van der Waals surface area contributed by atoms with E-state index >= 15 is 0 Å². The van der Waals surface area contributed by atoms with Crippen molar-refractivity contribution in [2.45, 2.75) is 39.5 Å². The average Bonchev–Trinajstić information content (AvgIpc) is 2.85. The van der Waals surface area contributed by atoms with Gasteiger partial charge in [0.1, 0.15) is 5.82 Å². The largest absolute Gasteiger partial charge is 0.396 e. The van der Waals surface area contributed by atoms with E-state index in [4.69, 9.17) is 0 Å². The normalized spacial score (nSPS) is 17.5. The first kappa shape index (κ1) is 17.4. The van der Waals surface area contributed by atoms with Crippen molar-refractivity contribution in [3.05, 3.63) is 34.5 Å². The Morgan fingerprint density at radius 3 is 2.79 bits per heavy atom. The van der Waals surface area contributed by atoms with Gasteiger partial charge in [-0.2, -0.15) is 0 Å². The summed E-state index contributed by atoms with van der Waals surface area (Å²) in [4.78, 5) is 13.2. The molecule has 2 N–H and O–H groups in total. The lowest BCUT2D eigenvalue weighted by atomic mass is 9.60. The Morgan fingerprint density at radius 2 is 2.21 bits per heavy atom. The van der Waals surface area contributed by atoms with Crippen molar-refractivity contribution in [2.24, 2.45) is 11.3 Å². The van der Waals surface area contributed by atoms with Crippen LogP contribution < -0.4 is 5.32 Å². The molecule has 0 saturated heterocycles. The third-order valence-electron chi connectivity index (χ3n) is 5.67. The van der Waals surface area contributed by atoms with Gasteiger partial charge in [-0.05, 0) is 55.2 Å². The van der Waals surface area contributed by atoms with Gasteiger partial charge >= 0.3 is 0 Å². The summed E-state index contributed by atoms with van der Waals surface area (Å²) in [6, 6.07) is 4.96. The van der Waals surface area contributed by atoms with E-state index in [0.717, 1.165) is 29.5 Å². The zero-order chi connectivity index (χ0) is 17.3. The molecule has 130 valence electrons. The summed E-state index contributed by atoms with van der Waals surface area (Å²) in [6.07, 6.45) is 4.13. The molecule has 2 aromatic rings. The number of hydrogen-bond acceptors (Lipinski definition) is 3. The second kappa shape index (κ2) is 6.81. The molecular formula is C19H24FNO2S. The van der Waals surface area contributed by atoms with E-state index in [1.807, 2.05) is 13.0 Å². The van der Waals surface area contributed by atoms with Crippen molar-refractivity contribution in [3.63, 3.8) is 0 Å². The molecule has 1 fully saturated rings. The number of rotatable bonds is 6. The maximum atomic E-state index is 14.0. The zero-order valence-electron chi connectivity index (χ0n) is 14.2. The second-order valence-corrected chi connectivity index (χ2v) is 8.03. The van der Waals surface area contributed by atoms with Gasteiger partial charge in [0.15, 0.2) is 0 Å². The highest BCUT2D eigenvalue weighted by atomic mass is 32.1. The molecule has 0 bridgehead atoms. The summed E-state index contributed by atoms with van der Waals surface area (Å²) in [5, 5.41) is 12.8. The average molecular weight is 349 g/mol. The van der Waals surface area contributed by atoms with Crippen LogP contribution >= 0.6 is 11.3 Å². The number of amides is 1. The molecule has 1 atom stereocenters. The lowest BCUT2D eigenvalue weighted by molar-refractivity contribution is 0.0411. The van der Waals surface area contributed by atoms with Gasteiger partial charge in [0.2, 0.25) is 0 Å². The molecule has 0 spiro atoms. The standard InChI is InChI=1S/C19H24FNO2S/c1-12(7-10-22)19(8-4-9-19)11-21-18(23)17-13(2)16-14(20)5-3-6-15(16)24-17/h3,5-6,12,22H,4,7-11H2,1-2H3,(H,21,23)/t12-/m0/s1. The molecule has 3 rings (SSSR count). The van der Waals surface area contributed by atoms with E-state index in [1.165, 1.54) is 23.8 Å². The molecule has 0 radical (unpaired) electrons. The van der Waals surface area contributed by atoms with E-state index in [-0.39, 0.29) is 23.7 Å². The summed E-state index contributed by atoms with van der Waals surface area (Å²) in [5.74, 6) is 0.000374. The molecule has 1 aromatic heterocycles. The highest BCUT2D eigenvalue weighted by Crippen LogP contribution is 2.47. The van der Waals surface area contributed by atoms with Gasteiger partial charge in [0, 0.05) is 23.2 Å². The molecule has 24 heavy (non-hydrogen) atoms. The van der Waals surface area contributed by atoms with Gasteiger partial charge in [-0.3, -0.25) is 4.79 Å². The van der Waals surface area contributed by atoms with E-state index in [2.05, 4.69) is 12.2 Å². The van der Waals surface area contributed by atoms with Gasteiger partial charge in [0.05, 0.1) is 4.88 Å². The lowest BCUT2D eigenvalue weighted by Gasteiger charge is -2.47. The predicted octanol–water partition coefficient (Wildman–Crippen LogP) is 4.27. The number of hydrogen-bond donors (Lipinski definition) is 2. The van der Waals surface area contributed by atoms with E-state index in [9.17, 15) is 14.3 Å². The highest BCUT2D eigenvalue weighted by molar-refractivity contribution is 7.21. The number of thiophene rings is 1. The maximum Gasteiger partial charge on any atom is 0.261 e. The Morgan fingerprint density at radius 1 is 1.46 bits per heavy atom. The number of aryl methyl sites for hydroxylation is 1. The molecule has 0 aliphatic heterocycles. The Labute approximate surface area is 145 Å². The van der Waals surface area contributed by atoms with Crippen molar-refractivity contribution in [2.75, 3.05) is 13.2 Å². The summed E-state index contributed by atoms with van der Waals surface area (Å²) >= 11 is 1.35. The van der Waals surface area contributed by atoms with Gasteiger partial charge in [-0.15, -0.1) is 11.3 Å². The fourth-order valence-electron chi connectivity index (χ4n) is 3.78. The second-order valence-electron chi connectivity index (χ2n) is 6.98. The topological polar surface area (TPSA) is 49.3 Å². The number of halogens is 1. The van der Waals surface area contributed by atoms with Crippen molar-refractivity contribution in [1.82, 2.24) is 5.32 Å². The number of fused-ring (bicyclic) bond motifs is 1. The molecule has 1 amide bonds. The molecule has 3 nitrogen and oxygen atoms in total. The maximum absolute atomic E-state index is 14.0. The van der Waals surface area contributed by atoms with Crippen LogP contribution in [0, 0.1) is 24.1 Å². The van der Waals surface area contributed by atoms with Crippen LogP contribution in [0.25, 0.3) is 10.1 Å². The molecule has 1 aromatic carbocycles. The Bertz CT molecular complexity index is 751. The van der Waals surface area contributed by atoms with Gasteiger partial charge < -0.3 is 10.4 Å². The Kier molecular flexibility index (Phi) is 4.92. The monoisotopic (exact) mass is 349 g/mol. The third kappa shape index (κ3) is 2.95. The number of aliphatic hydroxyl groups excluding tert-OH is 1.